The van der Waals surface area contributed by atoms with Crippen LogP contribution < -0.4 is 10.2 Å². The largest absolute Gasteiger partial charge is 0.324 e. The van der Waals surface area contributed by atoms with Gasteiger partial charge < -0.3 is 9.88 Å². The number of nitrogens with zero attached hydrogens (tertiary/aromatic N) is 2. The maximum atomic E-state index is 12.5. The van der Waals surface area contributed by atoms with Crippen LogP contribution in [0.4, 0.5) is 11.6 Å². The Morgan fingerprint density at radius 2 is 1.88 bits per heavy atom. The number of fused-ring (bicyclic) bond motifs is 1. The van der Waals surface area contributed by atoms with Gasteiger partial charge in [0, 0.05) is 18.7 Å². The second-order valence-electron chi connectivity index (χ2n) is 5.83. The van der Waals surface area contributed by atoms with Gasteiger partial charge in [-0.15, -0.1) is 0 Å². The van der Waals surface area contributed by atoms with Crippen molar-refractivity contribution >= 4 is 34.5 Å². The number of carbonyl (C=O) groups excluding carboxylic acids is 2. The SMILES string of the molecule is O=C(Nc1nc2ccccc2[nH]1)[C@@H]1CC(=O)N(c2ccccc2)C1. The van der Waals surface area contributed by atoms with E-state index in [0.29, 0.717) is 12.5 Å². The van der Waals surface area contributed by atoms with Crippen LogP contribution >= 0.6 is 0 Å². The fourth-order valence-corrected chi connectivity index (χ4v) is 2.97. The van der Waals surface area contributed by atoms with Crippen molar-refractivity contribution in [3.05, 3.63) is 54.6 Å². The molecule has 0 spiro atoms. The van der Waals surface area contributed by atoms with Gasteiger partial charge in [0.1, 0.15) is 0 Å². The molecule has 1 aliphatic rings. The normalized spacial score (nSPS) is 17.4. The van der Waals surface area contributed by atoms with Crippen LogP contribution in [0.25, 0.3) is 11.0 Å². The predicted molar refractivity (Wildman–Crippen MR) is 91.6 cm³/mol. The van der Waals surface area contributed by atoms with Crippen LogP contribution in [0.5, 0.6) is 0 Å². The number of carbonyl (C=O) groups is 2. The van der Waals surface area contributed by atoms with Crippen LogP contribution in [0.1, 0.15) is 6.42 Å². The molecule has 24 heavy (non-hydrogen) atoms. The zero-order valence-corrected chi connectivity index (χ0v) is 12.9. The van der Waals surface area contributed by atoms with E-state index in [-0.39, 0.29) is 24.2 Å². The smallest absolute Gasteiger partial charge is 0.232 e. The average molecular weight is 320 g/mol. The van der Waals surface area contributed by atoms with Crippen LogP contribution in [0.3, 0.4) is 0 Å². The molecule has 1 fully saturated rings. The Bertz CT molecular complexity index is 871. The molecule has 1 atom stereocenters. The van der Waals surface area contributed by atoms with Gasteiger partial charge in [0.25, 0.3) is 0 Å². The number of amides is 2. The molecule has 0 unspecified atom stereocenters. The van der Waals surface area contributed by atoms with E-state index in [0.717, 1.165) is 16.7 Å². The third-order valence-electron chi connectivity index (χ3n) is 4.19. The molecule has 2 N–H and O–H groups in total. The number of aromatic nitrogens is 2. The van der Waals surface area contributed by atoms with Crippen molar-refractivity contribution in [3.8, 4) is 0 Å². The summed E-state index contributed by atoms with van der Waals surface area (Å²) >= 11 is 0. The molecule has 0 saturated carbocycles. The molecule has 6 heteroatoms. The fraction of sp³-hybridized carbons (Fsp3) is 0.167. The van der Waals surface area contributed by atoms with Gasteiger partial charge in [-0.2, -0.15) is 0 Å². The number of benzene rings is 2. The maximum absolute atomic E-state index is 12.5. The van der Waals surface area contributed by atoms with Crippen LogP contribution in [-0.2, 0) is 9.59 Å². The lowest BCUT2D eigenvalue weighted by atomic mass is 10.1. The second-order valence-corrected chi connectivity index (χ2v) is 5.83. The van der Waals surface area contributed by atoms with Crippen molar-refractivity contribution in [2.45, 2.75) is 6.42 Å². The predicted octanol–water partition coefficient (Wildman–Crippen LogP) is 2.55. The highest BCUT2D eigenvalue weighted by Crippen LogP contribution is 2.25. The number of anilines is 2. The van der Waals surface area contributed by atoms with Gasteiger partial charge in [-0.25, -0.2) is 4.98 Å². The molecule has 0 radical (unpaired) electrons. The first-order valence-electron chi connectivity index (χ1n) is 7.82. The highest BCUT2D eigenvalue weighted by atomic mass is 16.2. The molecule has 1 aliphatic heterocycles. The molecular formula is C18H16N4O2. The van der Waals surface area contributed by atoms with Crippen LogP contribution in [-0.4, -0.2) is 28.3 Å². The van der Waals surface area contributed by atoms with Gasteiger partial charge in [0.05, 0.1) is 17.0 Å². The number of aromatic amines is 1. The lowest BCUT2D eigenvalue weighted by Gasteiger charge is -2.16. The number of H-pyrrole nitrogens is 1. The molecule has 2 heterocycles. The van der Waals surface area contributed by atoms with Crippen molar-refractivity contribution in [2.24, 2.45) is 5.92 Å². The molecule has 3 aromatic rings. The van der Waals surface area contributed by atoms with E-state index >= 15 is 0 Å². The van der Waals surface area contributed by atoms with Gasteiger partial charge in [-0.3, -0.25) is 14.9 Å². The number of para-hydroxylation sites is 3. The van der Waals surface area contributed by atoms with Gasteiger partial charge in [-0.05, 0) is 24.3 Å². The van der Waals surface area contributed by atoms with E-state index in [1.807, 2.05) is 54.6 Å². The monoisotopic (exact) mass is 320 g/mol. The summed E-state index contributed by atoms with van der Waals surface area (Å²) in [6.07, 6.45) is 0.209. The summed E-state index contributed by atoms with van der Waals surface area (Å²) in [5, 5.41) is 2.78. The second kappa shape index (κ2) is 5.81. The van der Waals surface area contributed by atoms with E-state index in [2.05, 4.69) is 15.3 Å². The van der Waals surface area contributed by atoms with E-state index in [9.17, 15) is 9.59 Å². The minimum atomic E-state index is -0.383. The molecule has 0 bridgehead atoms. The Hall–Kier alpha value is -3.15. The first kappa shape index (κ1) is 14.4. The van der Waals surface area contributed by atoms with E-state index in [1.54, 1.807) is 4.90 Å². The number of nitrogens with one attached hydrogen (secondary N) is 2. The molecule has 120 valence electrons. The Morgan fingerprint density at radius 3 is 2.67 bits per heavy atom. The third kappa shape index (κ3) is 2.62. The van der Waals surface area contributed by atoms with Crippen LogP contribution in [0, 0.1) is 5.92 Å². The zero-order chi connectivity index (χ0) is 16.5. The Labute approximate surface area is 138 Å². The Balaban J connectivity index is 1.48. The lowest BCUT2D eigenvalue weighted by molar-refractivity contribution is -0.122. The summed E-state index contributed by atoms with van der Waals surface area (Å²) in [5.74, 6) is -0.204. The highest BCUT2D eigenvalue weighted by Gasteiger charge is 2.35. The number of hydrogen-bond acceptors (Lipinski definition) is 3. The summed E-state index contributed by atoms with van der Waals surface area (Å²) < 4.78 is 0. The van der Waals surface area contributed by atoms with Gasteiger partial charge in [0.2, 0.25) is 17.8 Å². The lowest BCUT2D eigenvalue weighted by Crippen LogP contribution is -2.28. The molecule has 2 amide bonds. The molecule has 4 rings (SSSR count). The molecule has 1 saturated heterocycles. The Morgan fingerprint density at radius 1 is 1.12 bits per heavy atom. The summed E-state index contributed by atoms with van der Waals surface area (Å²) in [7, 11) is 0. The topological polar surface area (TPSA) is 78.1 Å². The van der Waals surface area contributed by atoms with Crippen molar-refractivity contribution in [3.63, 3.8) is 0 Å². The number of rotatable bonds is 3. The van der Waals surface area contributed by atoms with Crippen molar-refractivity contribution < 1.29 is 9.59 Å². The summed E-state index contributed by atoms with van der Waals surface area (Å²) in [6, 6.07) is 17.0. The maximum Gasteiger partial charge on any atom is 0.232 e. The standard InChI is InChI=1S/C18H16N4O2/c23-16-10-12(11-22(16)13-6-2-1-3-7-13)17(24)21-18-19-14-8-4-5-9-15(14)20-18/h1-9,12H,10-11H2,(H2,19,20,21,24)/t12-/m1/s1. The molecular weight excluding hydrogens is 304 g/mol. The van der Waals surface area contributed by atoms with E-state index in [4.69, 9.17) is 0 Å². The fourth-order valence-electron chi connectivity index (χ4n) is 2.97. The molecule has 2 aromatic carbocycles. The zero-order valence-electron chi connectivity index (χ0n) is 12.9. The van der Waals surface area contributed by atoms with E-state index in [1.165, 1.54) is 0 Å². The number of imidazole rings is 1. The average Bonchev–Trinajstić information content (AvgIpc) is 3.18. The first-order chi connectivity index (χ1) is 11.7. The van der Waals surface area contributed by atoms with Crippen LogP contribution in [0.2, 0.25) is 0 Å². The number of hydrogen-bond donors (Lipinski definition) is 2. The van der Waals surface area contributed by atoms with Gasteiger partial charge >= 0.3 is 0 Å². The van der Waals surface area contributed by atoms with Crippen LogP contribution in [0.15, 0.2) is 54.6 Å². The van der Waals surface area contributed by atoms with Crippen molar-refractivity contribution in [1.82, 2.24) is 9.97 Å². The van der Waals surface area contributed by atoms with Gasteiger partial charge in [0.15, 0.2) is 0 Å². The third-order valence-corrected chi connectivity index (χ3v) is 4.19. The summed E-state index contributed by atoms with van der Waals surface area (Å²) in [4.78, 5) is 33.7. The minimum absolute atomic E-state index is 0.0362. The molecule has 6 nitrogen and oxygen atoms in total. The van der Waals surface area contributed by atoms with Crippen molar-refractivity contribution in [1.29, 1.82) is 0 Å². The van der Waals surface area contributed by atoms with Gasteiger partial charge in [-0.1, -0.05) is 30.3 Å². The molecule has 0 aliphatic carbocycles. The highest BCUT2D eigenvalue weighted by molar-refractivity contribution is 6.03. The molecule has 1 aromatic heterocycles. The minimum Gasteiger partial charge on any atom is -0.324 e. The quantitative estimate of drug-likeness (QED) is 0.778. The van der Waals surface area contributed by atoms with Crippen molar-refractivity contribution in [2.75, 3.05) is 16.8 Å². The Kier molecular flexibility index (Phi) is 3.49. The van der Waals surface area contributed by atoms with E-state index < -0.39 is 0 Å². The summed E-state index contributed by atoms with van der Waals surface area (Å²) in [6.45, 7) is 0.384. The summed E-state index contributed by atoms with van der Waals surface area (Å²) in [5.41, 5.74) is 2.48. The first-order valence-corrected chi connectivity index (χ1v) is 7.82.